The summed E-state index contributed by atoms with van der Waals surface area (Å²) < 4.78 is 1.58. The Morgan fingerprint density at radius 1 is 1.39 bits per heavy atom. The van der Waals surface area contributed by atoms with E-state index in [0.717, 1.165) is 0 Å². The Bertz CT molecular complexity index is 530. The zero-order chi connectivity index (χ0) is 13.2. The summed E-state index contributed by atoms with van der Waals surface area (Å²) in [4.78, 5) is 3.86. The molecule has 1 unspecified atom stereocenters. The summed E-state index contributed by atoms with van der Waals surface area (Å²) in [5.41, 5.74) is -0.443. The monoisotopic (exact) mass is 285 g/mol. The van der Waals surface area contributed by atoms with E-state index in [4.69, 9.17) is 23.2 Å². The van der Waals surface area contributed by atoms with Gasteiger partial charge in [0.25, 0.3) is 0 Å². The van der Waals surface area contributed by atoms with Gasteiger partial charge >= 0.3 is 0 Å². The van der Waals surface area contributed by atoms with Crippen LogP contribution in [0.1, 0.15) is 18.9 Å². The lowest BCUT2D eigenvalue weighted by atomic mass is 9.91. The number of hydrogen-bond acceptors (Lipinski definition) is 3. The molecule has 2 aromatic rings. The van der Waals surface area contributed by atoms with Crippen LogP contribution in [0.2, 0.25) is 10.0 Å². The van der Waals surface area contributed by atoms with Crippen LogP contribution in [0, 0.1) is 0 Å². The van der Waals surface area contributed by atoms with Crippen LogP contribution in [0.3, 0.4) is 0 Å². The summed E-state index contributed by atoms with van der Waals surface area (Å²) in [5.74, 6) is 0. The predicted molar refractivity (Wildman–Crippen MR) is 70.7 cm³/mol. The number of nitrogens with zero attached hydrogens (tertiary/aromatic N) is 3. The summed E-state index contributed by atoms with van der Waals surface area (Å²) in [7, 11) is 0. The van der Waals surface area contributed by atoms with Gasteiger partial charge in [0, 0.05) is 15.6 Å². The van der Waals surface area contributed by atoms with Crippen LogP contribution in [0.25, 0.3) is 0 Å². The first-order valence-corrected chi connectivity index (χ1v) is 6.31. The highest BCUT2D eigenvalue weighted by Gasteiger charge is 2.30. The molecule has 1 aromatic carbocycles. The summed E-state index contributed by atoms with van der Waals surface area (Å²) in [6.45, 7) is 2.19. The molecule has 4 nitrogen and oxygen atoms in total. The van der Waals surface area contributed by atoms with E-state index in [9.17, 15) is 5.11 Å². The standard InChI is InChI=1S/C12H13Cl2N3O/c1-2-12(18,6-17-8-15-7-16-17)10-4-3-9(13)5-11(10)14/h3-5,7-8,18H,2,6H2,1H3. The fraction of sp³-hybridized carbons (Fsp3) is 0.333. The van der Waals surface area contributed by atoms with E-state index in [1.807, 2.05) is 6.92 Å². The minimum absolute atomic E-state index is 0.296. The van der Waals surface area contributed by atoms with Crippen LogP contribution >= 0.6 is 23.2 Å². The van der Waals surface area contributed by atoms with Crippen LogP contribution in [0.4, 0.5) is 0 Å². The molecule has 0 spiro atoms. The van der Waals surface area contributed by atoms with Crippen molar-refractivity contribution in [2.24, 2.45) is 0 Å². The summed E-state index contributed by atoms with van der Waals surface area (Å²) in [6.07, 6.45) is 3.50. The first kappa shape index (κ1) is 13.3. The molecule has 18 heavy (non-hydrogen) atoms. The molecule has 0 saturated carbocycles. The van der Waals surface area contributed by atoms with E-state index in [-0.39, 0.29) is 0 Å². The van der Waals surface area contributed by atoms with Crippen molar-refractivity contribution in [3.8, 4) is 0 Å². The molecule has 0 bridgehead atoms. The van der Waals surface area contributed by atoms with E-state index in [2.05, 4.69) is 10.1 Å². The fourth-order valence-electron chi connectivity index (χ4n) is 1.84. The average molecular weight is 286 g/mol. The maximum absolute atomic E-state index is 10.7. The van der Waals surface area contributed by atoms with E-state index in [1.54, 1.807) is 29.2 Å². The highest BCUT2D eigenvalue weighted by Crippen LogP contribution is 2.33. The number of hydrogen-bond donors (Lipinski definition) is 1. The molecule has 0 fully saturated rings. The zero-order valence-corrected chi connectivity index (χ0v) is 11.4. The maximum atomic E-state index is 10.7. The fourth-order valence-corrected chi connectivity index (χ4v) is 2.42. The molecular weight excluding hydrogens is 273 g/mol. The van der Waals surface area contributed by atoms with E-state index >= 15 is 0 Å². The Kier molecular flexibility index (Phi) is 3.90. The number of benzene rings is 1. The van der Waals surface area contributed by atoms with Crippen LogP contribution in [-0.2, 0) is 12.1 Å². The van der Waals surface area contributed by atoms with Gasteiger partial charge in [-0.15, -0.1) is 0 Å². The molecule has 0 aliphatic rings. The quantitative estimate of drug-likeness (QED) is 0.940. The summed E-state index contributed by atoms with van der Waals surface area (Å²) in [6, 6.07) is 5.08. The molecule has 1 N–H and O–H groups in total. The van der Waals surface area contributed by atoms with Crippen LogP contribution in [0.5, 0.6) is 0 Å². The van der Waals surface area contributed by atoms with Gasteiger partial charge in [0.15, 0.2) is 0 Å². The number of rotatable bonds is 4. The van der Waals surface area contributed by atoms with Gasteiger partial charge in [-0.2, -0.15) is 5.10 Å². The number of halogens is 2. The van der Waals surface area contributed by atoms with Crippen molar-refractivity contribution in [2.75, 3.05) is 0 Å². The number of aromatic nitrogens is 3. The average Bonchev–Trinajstić information content (AvgIpc) is 2.81. The second-order valence-corrected chi connectivity index (χ2v) is 4.95. The molecule has 0 aliphatic heterocycles. The van der Waals surface area contributed by atoms with Gasteiger partial charge in [0.2, 0.25) is 0 Å². The Labute approximate surface area is 115 Å². The summed E-state index contributed by atoms with van der Waals surface area (Å²) in [5, 5.41) is 15.7. The Balaban J connectivity index is 2.36. The molecule has 2 rings (SSSR count). The normalized spacial score (nSPS) is 14.4. The molecule has 1 aromatic heterocycles. The van der Waals surface area contributed by atoms with E-state index in [1.165, 1.54) is 6.33 Å². The van der Waals surface area contributed by atoms with Gasteiger partial charge < -0.3 is 5.11 Å². The van der Waals surface area contributed by atoms with Crippen molar-refractivity contribution >= 4 is 23.2 Å². The Morgan fingerprint density at radius 3 is 2.72 bits per heavy atom. The third-order valence-electron chi connectivity index (χ3n) is 2.91. The molecule has 0 amide bonds. The minimum Gasteiger partial charge on any atom is -0.383 e. The lowest BCUT2D eigenvalue weighted by molar-refractivity contribution is 0.0110. The lowest BCUT2D eigenvalue weighted by Crippen LogP contribution is -2.31. The third kappa shape index (κ3) is 2.66. The van der Waals surface area contributed by atoms with Crippen molar-refractivity contribution in [3.05, 3.63) is 46.5 Å². The second kappa shape index (κ2) is 5.26. The van der Waals surface area contributed by atoms with Gasteiger partial charge in [-0.25, -0.2) is 9.67 Å². The van der Waals surface area contributed by atoms with Crippen LogP contribution in [0.15, 0.2) is 30.9 Å². The number of aliphatic hydroxyl groups is 1. The van der Waals surface area contributed by atoms with Gasteiger partial charge in [0.1, 0.15) is 18.3 Å². The Hall–Kier alpha value is -1.10. The largest absolute Gasteiger partial charge is 0.383 e. The van der Waals surface area contributed by atoms with Crippen LogP contribution < -0.4 is 0 Å². The topological polar surface area (TPSA) is 50.9 Å². The first-order valence-electron chi connectivity index (χ1n) is 5.55. The van der Waals surface area contributed by atoms with Gasteiger partial charge in [-0.05, 0) is 18.6 Å². The maximum Gasteiger partial charge on any atom is 0.137 e. The molecule has 0 aliphatic carbocycles. The van der Waals surface area contributed by atoms with Crippen LogP contribution in [-0.4, -0.2) is 19.9 Å². The summed E-state index contributed by atoms with van der Waals surface area (Å²) >= 11 is 12.0. The van der Waals surface area contributed by atoms with E-state index < -0.39 is 5.60 Å². The highest BCUT2D eigenvalue weighted by atomic mass is 35.5. The third-order valence-corrected chi connectivity index (χ3v) is 3.46. The molecule has 0 radical (unpaired) electrons. The van der Waals surface area contributed by atoms with Crippen molar-refractivity contribution < 1.29 is 5.11 Å². The molecule has 96 valence electrons. The van der Waals surface area contributed by atoms with Gasteiger partial charge in [-0.1, -0.05) is 36.2 Å². The molecule has 6 heteroatoms. The van der Waals surface area contributed by atoms with Crippen molar-refractivity contribution in [2.45, 2.75) is 25.5 Å². The smallest absolute Gasteiger partial charge is 0.137 e. The second-order valence-electron chi connectivity index (χ2n) is 4.10. The zero-order valence-electron chi connectivity index (χ0n) is 9.85. The first-order chi connectivity index (χ1) is 8.55. The van der Waals surface area contributed by atoms with E-state index in [0.29, 0.717) is 28.6 Å². The van der Waals surface area contributed by atoms with Crippen molar-refractivity contribution in [1.82, 2.24) is 14.8 Å². The molecular formula is C12H13Cl2N3O. The Morgan fingerprint density at radius 2 is 2.17 bits per heavy atom. The van der Waals surface area contributed by atoms with Gasteiger partial charge in [-0.3, -0.25) is 0 Å². The minimum atomic E-state index is -1.09. The molecule has 1 heterocycles. The highest BCUT2D eigenvalue weighted by molar-refractivity contribution is 6.35. The lowest BCUT2D eigenvalue weighted by Gasteiger charge is -2.28. The van der Waals surface area contributed by atoms with Crippen molar-refractivity contribution in [3.63, 3.8) is 0 Å². The van der Waals surface area contributed by atoms with Gasteiger partial charge in [0.05, 0.1) is 6.54 Å². The molecule has 1 atom stereocenters. The van der Waals surface area contributed by atoms with Crippen molar-refractivity contribution in [1.29, 1.82) is 0 Å². The predicted octanol–water partition coefficient (Wildman–Crippen LogP) is 2.88. The SMILES string of the molecule is CCC(O)(Cn1cncn1)c1ccc(Cl)cc1Cl. The molecule has 0 saturated heterocycles.